The van der Waals surface area contributed by atoms with E-state index in [0.29, 0.717) is 49.3 Å². The summed E-state index contributed by atoms with van der Waals surface area (Å²) in [6.45, 7) is 3.18. The van der Waals surface area contributed by atoms with Gasteiger partial charge < -0.3 is 15.0 Å². The maximum Gasteiger partial charge on any atom is 0.227 e. The third-order valence-corrected chi connectivity index (χ3v) is 5.11. The van der Waals surface area contributed by atoms with E-state index < -0.39 is 0 Å². The van der Waals surface area contributed by atoms with E-state index in [0.717, 1.165) is 11.1 Å². The van der Waals surface area contributed by atoms with Crippen molar-refractivity contribution in [1.29, 1.82) is 0 Å². The number of carbonyl (C=O) groups is 1. The van der Waals surface area contributed by atoms with Gasteiger partial charge in [-0.2, -0.15) is 0 Å². The number of ether oxygens (including phenoxy) is 1. The third kappa shape index (κ3) is 5.45. The summed E-state index contributed by atoms with van der Waals surface area (Å²) in [5, 5.41) is 4.47. The Kier molecular flexibility index (Phi) is 6.92. The molecule has 1 amide bonds. The van der Waals surface area contributed by atoms with Crippen LogP contribution in [0, 0.1) is 0 Å². The Hall–Kier alpha value is -1.59. The molecule has 0 bridgehead atoms. The zero-order valence-corrected chi connectivity index (χ0v) is 16.0. The minimum atomic E-state index is -0.00811. The molecule has 2 aromatic carbocycles. The van der Waals surface area contributed by atoms with Crippen molar-refractivity contribution < 1.29 is 9.53 Å². The predicted molar refractivity (Wildman–Crippen MR) is 105 cm³/mol. The van der Waals surface area contributed by atoms with Crippen LogP contribution in [0.4, 0.5) is 0 Å². The van der Waals surface area contributed by atoms with Crippen molar-refractivity contribution in [3.63, 3.8) is 0 Å². The normalized spacial score (nSPS) is 17.3. The van der Waals surface area contributed by atoms with Gasteiger partial charge in [0, 0.05) is 26.2 Å². The maximum absolute atomic E-state index is 12.5. The van der Waals surface area contributed by atoms with Gasteiger partial charge in [0.2, 0.25) is 5.91 Å². The lowest BCUT2D eigenvalue weighted by Gasteiger charge is -2.33. The Bertz CT molecular complexity index is 740. The van der Waals surface area contributed by atoms with Crippen LogP contribution in [-0.2, 0) is 22.5 Å². The zero-order chi connectivity index (χ0) is 18.4. The minimum Gasteiger partial charge on any atom is -0.373 e. The molecule has 1 heterocycles. The third-order valence-electron chi connectivity index (χ3n) is 4.37. The van der Waals surface area contributed by atoms with Crippen molar-refractivity contribution in [3.8, 4) is 0 Å². The van der Waals surface area contributed by atoms with Crippen molar-refractivity contribution in [3.05, 3.63) is 69.7 Å². The Balaban J connectivity index is 1.45. The molecule has 1 aliphatic rings. The standard InChI is InChI=1S/C20H22Cl2N2O2/c21-18-7-6-16(10-19(18)22)12-23-13-17-14-24(8-9-26-17)20(25)11-15-4-2-1-3-5-15/h1-7,10,17,23H,8-9,11-14H2. The lowest BCUT2D eigenvalue weighted by molar-refractivity contribution is -0.137. The molecule has 1 saturated heterocycles. The SMILES string of the molecule is O=C(Cc1ccccc1)N1CCOC(CNCc2ccc(Cl)c(Cl)c2)C1. The Morgan fingerprint density at radius 1 is 1.12 bits per heavy atom. The molecule has 26 heavy (non-hydrogen) atoms. The topological polar surface area (TPSA) is 41.6 Å². The van der Waals surface area contributed by atoms with Crippen molar-refractivity contribution in [2.75, 3.05) is 26.2 Å². The van der Waals surface area contributed by atoms with E-state index in [2.05, 4.69) is 5.32 Å². The molecule has 1 unspecified atom stereocenters. The lowest BCUT2D eigenvalue weighted by Crippen LogP contribution is -2.49. The first-order chi connectivity index (χ1) is 12.6. The molecule has 4 nitrogen and oxygen atoms in total. The second kappa shape index (κ2) is 9.38. The first-order valence-corrected chi connectivity index (χ1v) is 9.45. The number of hydrogen-bond donors (Lipinski definition) is 1. The summed E-state index contributed by atoms with van der Waals surface area (Å²) in [5.74, 6) is 0.147. The van der Waals surface area contributed by atoms with Gasteiger partial charge in [0.15, 0.2) is 0 Å². The van der Waals surface area contributed by atoms with Gasteiger partial charge in [-0.25, -0.2) is 0 Å². The first-order valence-electron chi connectivity index (χ1n) is 8.70. The molecule has 1 atom stereocenters. The summed E-state index contributed by atoms with van der Waals surface area (Å²) >= 11 is 12.0. The molecule has 0 aliphatic carbocycles. The highest BCUT2D eigenvalue weighted by Gasteiger charge is 2.23. The molecule has 1 fully saturated rings. The van der Waals surface area contributed by atoms with E-state index in [-0.39, 0.29) is 12.0 Å². The summed E-state index contributed by atoms with van der Waals surface area (Å²) in [7, 11) is 0. The van der Waals surface area contributed by atoms with Crippen LogP contribution in [0.3, 0.4) is 0 Å². The number of halogens is 2. The van der Waals surface area contributed by atoms with Gasteiger partial charge in [0.25, 0.3) is 0 Å². The number of hydrogen-bond acceptors (Lipinski definition) is 3. The van der Waals surface area contributed by atoms with Crippen molar-refractivity contribution >= 4 is 29.1 Å². The first kappa shape index (κ1) is 19.2. The van der Waals surface area contributed by atoms with Crippen molar-refractivity contribution in [2.24, 2.45) is 0 Å². The van der Waals surface area contributed by atoms with Crippen LogP contribution in [0.1, 0.15) is 11.1 Å². The number of amides is 1. The van der Waals surface area contributed by atoms with Gasteiger partial charge in [-0.15, -0.1) is 0 Å². The lowest BCUT2D eigenvalue weighted by atomic mass is 10.1. The summed E-state index contributed by atoms with van der Waals surface area (Å²) < 4.78 is 5.79. The van der Waals surface area contributed by atoms with Gasteiger partial charge in [-0.05, 0) is 23.3 Å². The second-order valence-corrected chi connectivity index (χ2v) is 7.19. The number of nitrogens with zero attached hydrogens (tertiary/aromatic N) is 1. The molecule has 1 aliphatic heterocycles. The smallest absolute Gasteiger partial charge is 0.227 e. The van der Waals surface area contributed by atoms with E-state index in [1.807, 2.05) is 47.4 Å². The second-order valence-electron chi connectivity index (χ2n) is 6.37. The quantitative estimate of drug-likeness (QED) is 0.816. The highest BCUT2D eigenvalue weighted by molar-refractivity contribution is 6.42. The van der Waals surface area contributed by atoms with Gasteiger partial charge in [0.05, 0.1) is 29.2 Å². The molecule has 2 aromatic rings. The number of nitrogens with one attached hydrogen (secondary N) is 1. The maximum atomic E-state index is 12.5. The summed E-state index contributed by atoms with van der Waals surface area (Å²) in [4.78, 5) is 14.4. The highest BCUT2D eigenvalue weighted by Crippen LogP contribution is 2.22. The molecule has 0 radical (unpaired) electrons. The fraction of sp³-hybridized carbons (Fsp3) is 0.350. The van der Waals surface area contributed by atoms with Crippen LogP contribution in [0.15, 0.2) is 48.5 Å². The predicted octanol–water partition coefficient (Wildman–Crippen LogP) is 3.55. The van der Waals surface area contributed by atoms with Crippen molar-refractivity contribution in [1.82, 2.24) is 10.2 Å². The van der Waals surface area contributed by atoms with Crippen LogP contribution in [0.25, 0.3) is 0 Å². The van der Waals surface area contributed by atoms with Crippen LogP contribution in [0.5, 0.6) is 0 Å². The summed E-state index contributed by atoms with van der Waals surface area (Å²) in [6.07, 6.45) is 0.427. The fourth-order valence-corrected chi connectivity index (χ4v) is 3.30. The Morgan fingerprint density at radius 3 is 2.69 bits per heavy atom. The van der Waals surface area contributed by atoms with Gasteiger partial charge in [-0.1, -0.05) is 59.6 Å². The zero-order valence-electron chi connectivity index (χ0n) is 14.5. The average molecular weight is 393 g/mol. The Labute approximate surface area is 164 Å². The minimum absolute atomic E-state index is 0.00811. The van der Waals surface area contributed by atoms with Crippen LogP contribution in [0.2, 0.25) is 10.0 Å². The Morgan fingerprint density at radius 2 is 1.92 bits per heavy atom. The molecule has 138 valence electrons. The van der Waals surface area contributed by atoms with Gasteiger partial charge in [0.1, 0.15) is 0 Å². The van der Waals surface area contributed by atoms with E-state index in [1.54, 1.807) is 6.07 Å². The summed E-state index contributed by atoms with van der Waals surface area (Å²) in [5.41, 5.74) is 2.10. The molecule has 6 heteroatoms. The largest absolute Gasteiger partial charge is 0.373 e. The van der Waals surface area contributed by atoms with Gasteiger partial charge >= 0.3 is 0 Å². The molecular weight excluding hydrogens is 371 g/mol. The monoisotopic (exact) mass is 392 g/mol. The number of morpholine rings is 1. The fourth-order valence-electron chi connectivity index (χ4n) is 2.98. The van der Waals surface area contributed by atoms with Crippen LogP contribution >= 0.6 is 23.2 Å². The van der Waals surface area contributed by atoms with Crippen LogP contribution < -0.4 is 5.32 Å². The summed E-state index contributed by atoms with van der Waals surface area (Å²) in [6, 6.07) is 15.4. The highest BCUT2D eigenvalue weighted by atomic mass is 35.5. The number of carbonyl (C=O) groups excluding carboxylic acids is 1. The van der Waals surface area contributed by atoms with E-state index in [4.69, 9.17) is 27.9 Å². The molecule has 1 N–H and O–H groups in total. The molecule has 0 spiro atoms. The molecule has 3 rings (SSSR count). The molecule has 0 saturated carbocycles. The average Bonchev–Trinajstić information content (AvgIpc) is 2.66. The molecular formula is C20H22Cl2N2O2. The van der Waals surface area contributed by atoms with Gasteiger partial charge in [-0.3, -0.25) is 4.79 Å². The van der Waals surface area contributed by atoms with E-state index in [9.17, 15) is 4.79 Å². The number of rotatable bonds is 6. The van der Waals surface area contributed by atoms with E-state index >= 15 is 0 Å². The molecule has 0 aromatic heterocycles. The number of benzene rings is 2. The van der Waals surface area contributed by atoms with Crippen molar-refractivity contribution in [2.45, 2.75) is 19.1 Å². The van der Waals surface area contributed by atoms with Crippen LogP contribution in [-0.4, -0.2) is 43.2 Å². The van der Waals surface area contributed by atoms with E-state index in [1.165, 1.54) is 0 Å².